The molecule has 2 fully saturated rings. The van der Waals surface area contributed by atoms with Gasteiger partial charge in [0.05, 0.1) is 18.6 Å². The third kappa shape index (κ3) is 3.91. The summed E-state index contributed by atoms with van der Waals surface area (Å²) in [5, 5.41) is 9.13. The highest BCUT2D eigenvalue weighted by Crippen LogP contribution is 2.23. The van der Waals surface area contributed by atoms with Crippen molar-refractivity contribution < 1.29 is 14.6 Å². The van der Waals surface area contributed by atoms with E-state index < -0.39 is 11.4 Å². The van der Waals surface area contributed by atoms with Crippen LogP contribution in [0.1, 0.15) is 26.7 Å². The van der Waals surface area contributed by atoms with Crippen LogP contribution in [0.2, 0.25) is 0 Å². The van der Waals surface area contributed by atoms with Crippen LogP contribution in [0.5, 0.6) is 0 Å². The quantitative estimate of drug-likeness (QED) is 0.804. The van der Waals surface area contributed by atoms with Gasteiger partial charge in [0.1, 0.15) is 0 Å². The van der Waals surface area contributed by atoms with Crippen molar-refractivity contribution in [2.75, 3.05) is 45.9 Å². The maximum absolute atomic E-state index is 11.1. The van der Waals surface area contributed by atoms with E-state index in [0.717, 1.165) is 52.4 Å². The molecule has 0 amide bonds. The SMILES string of the molecule is CC(C)(CCN1CCC(N2CCOCC2)C1)C(=O)O. The van der Waals surface area contributed by atoms with Gasteiger partial charge in [-0.2, -0.15) is 0 Å². The molecule has 2 saturated heterocycles. The van der Waals surface area contributed by atoms with Crippen LogP contribution in [0.4, 0.5) is 0 Å². The second-order valence-electron chi connectivity index (χ2n) is 6.33. The summed E-state index contributed by atoms with van der Waals surface area (Å²) in [6.07, 6.45) is 1.92. The van der Waals surface area contributed by atoms with E-state index in [0.29, 0.717) is 6.04 Å². The second kappa shape index (κ2) is 6.20. The highest BCUT2D eigenvalue weighted by molar-refractivity contribution is 5.73. The fraction of sp³-hybridized carbons (Fsp3) is 0.929. The first kappa shape index (κ1) is 14.8. The molecule has 2 aliphatic heterocycles. The molecule has 0 aliphatic carbocycles. The number of morpholine rings is 1. The molecule has 0 aromatic rings. The first-order valence-electron chi connectivity index (χ1n) is 7.26. The van der Waals surface area contributed by atoms with Crippen molar-refractivity contribution in [1.29, 1.82) is 0 Å². The Hall–Kier alpha value is -0.650. The lowest BCUT2D eigenvalue weighted by molar-refractivity contribution is -0.147. The fourth-order valence-corrected chi connectivity index (χ4v) is 2.80. The monoisotopic (exact) mass is 270 g/mol. The lowest BCUT2D eigenvalue weighted by atomic mass is 9.89. The smallest absolute Gasteiger partial charge is 0.309 e. The van der Waals surface area contributed by atoms with Gasteiger partial charge in [0, 0.05) is 25.7 Å². The summed E-state index contributed by atoms with van der Waals surface area (Å²) in [5.41, 5.74) is -0.614. The molecule has 2 rings (SSSR count). The van der Waals surface area contributed by atoms with Crippen molar-refractivity contribution in [2.24, 2.45) is 5.41 Å². The number of likely N-dealkylation sites (tertiary alicyclic amines) is 1. The molecule has 2 heterocycles. The Morgan fingerprint density at radius 1 is 1.32 bits per heavy atom. The Morgan fingerprint density at radius 3 is 2.63 bits per heavy atom. The summed E-state index contributed by atoms with van der Waals surface area (Å²) in [4.78, 5) is 16.0. The third-order valence-electron chi connectivity index (χ3n) is 4.44. The van der Waals surface area contributed by atoms with Crippen molar-refractivity contribution in [2.45, 2.75) is 32.7 Å². The molecule has 0 radical (unpaired) electrons. The van der Waals surface area contributed by atoms with Gasteiger partial charge >= 0.3 is 5.97 Å². The number of carboxylic acid groups (broad SMARTS) is 1. The highest BCUT2D eigenvalue weighted by atomic mass is 16.5. The number of aliphatic carboxylic acids is 1. The topological polar surface area (TPSA) is 53.0 Å². The van der Waals surface area contributed by atoms with Gasteiger partial charge < -0.3 is 14.7 Å². The van der Waals surface area contributed by atoms with Crippen LogP contribution in [0, 0.1) is 5.41 Å². The van der Waals surface area contributed by atoms with Gasteiger partial charge in [-0.05, 0) is 39.8 Å². The average Bonchev–Trinajstić information content (AvgIpc) is 2.86. The molecule has 19 heavy (non-hydrogen) atoms. The Kier molecular flexibility index (Phi) is 4.81. The number of nitrogens with zero attached hydrogens (tertiary/aromatic N) is 2. The van der Waals surface area contributed by atoms with Gasteiger partial charge in [-0.25, -0.2) is 0 Å². The van der Waals surface area contributed by atoms with E-state index in [-0.39, 0.29) is 0 Å². The summed E-state index contributed by atoms with van der Waals surface area (Å²) in [6.45, 7) is 10.5. The molecule has 110 valence electrons. The van der Waals surface area contributed by atoms with Crippen LogP contribution in [0.25, 0.3) is 0 Å². The van der Waals surface area contributed by atoms with E-state index in [1.165, 1.54) is 6.42 Å². The summed E-state index contributed by atoms with van der Waals surface area (Å²) < 4.78 is 5.38. The molecule has 0 spiro atoms. The second-order valence-corrected chi connectivity index (χ2v) is 6.33. The lowest BCUT2D eigenvalue weighted by Crippen LogP contribution is -2.44. The van der Waals surface area contributed by atoms with Crippen LogP contribution >= 0.6 is 0 Å². The molecule has 5 nitrogen and oxygen atoms in total. The number of carbonyl (C=O) groups is 1. The fourth-order valence-electron chi connectivity index (χ4n) is 2.80. The molecule has 0 saturated carbocycles. The minimum Gasteiger partial charge on any atom is -0.481 e. The van der Waals surface area contributed by atoms with Gasteiger partial charge in [0.25, 0.3) is 0 Å². The Labute approximate surface area is 115 Å². The van der Waals surface area contributed by atoms with E-state index in [2.05, 4.69) is 9.80 Å². The first-order chi connectivity index (χ1) is 8.99. The number of hydrogen-bond donors (Lipinski definition) is 1. The molecular formula is C14H26N2O3. The standard InChI is InChI=1S/C14H26N2O3/c1-14(2,13(17)18)4-6-15-5-3-12(11-15)16-7-9-19-10-8-16/h12H,3-11H2,1-2H3,(H,17,18). The van der Waals surface area contributed by atoms with Crippen LogP contribution in [-0.2, 0) is 9.53 Å². The first-order valence-corrected chi connectivity index (χ1v) is 7.26. The van der Waals surface area contributed by atoms with Crippen molar-refractivity contribution in [3.8, 4) is 0 Å². The van der Waals surface area contributed by atoms with Crippen LogP contribution in [0.15, 0.2) is 0 Å². The number of ether oxygens (including phenoxy) is 1. The normalized spacial score (nSPS) is 26.7. The van der Waals surface area contributed by atoms with Crippen LogP contribution < -0.4 is 0 Å². The molecule has 2 aliphatic rings. The van der Waals surface area contributed by atoms with Gasteiger partial charge in [-0.3, -0.25) is 9.69 Å². The van der Waals surface area contributed by atoms with Gasteiger partial charge in [-0.1, -0.05) is 0 Å². The van der Waals surface area contributed by atoms with Crippen LogP contribution in [-0.4, -0.2) is 72.9 Å². The molecule has 0 aromatic heterocycles. The predicted octanol–water partition coefficient (Wildman–Crippen LogP) is 0.894. The summed E-state index contributed by atoms with van der Waals surface area (Å²) in [6, 6.07) is 0.636. The number of carboxylic acids is 1. The zero-order chi connectivity index (χ0) is 13.9. The van der Waals surface area contributed by atoms with E-state index in [4.69, 9.17) is 9.84 Å². The minimum absolute atomic E-state index is 0.614. The van der Waals surface area contributed by atoms with E-state index in [1.54, 1.807) is 0 Å². The molecule has 1 N–H and O–H groups in total. The summed E-state index contributed by atoms with van der Waals surface area (Å²) >= 11 is 0. The summed E-state index contributed by atoms with van der Waals surface area (Å²) in [7, 11) is 0. The van der Waals surface area contributed by atoms with Crippen molar-refractivity contribution in [1.82, 2.24) is 9.80 Å². The molecule has 1 atom stereocenters. The van der Waals surface area contributed by atoms with Crippen molar-refractivity contribution >= 4 is 5.97 Å². The maximum atomic E-state index is 11.1. The zero-order valence-corrected chi connectivity index (χ0v) is 12.1. The van der Waals surface area contributed by atoms with E-state index >= 15 is 0 Å². The third-order valence-corrected chi connectivity index (χ3v) is 4.44. The highest BCUT2D eigenvalue weighted by Gasteiger charge is 2.31. The Morgan fingerprint density at radius 2 is 2.00 bits per heavy atom. The zero-order valence-electron chi connectivity index (χ0n) is 12.1. The van der Waals surface area contributed by atoms with E-state index in [1.807, 2.05) is 13.8 Å². The van der Waals surface area contributed by atoms with Crippen LogP contribution in [0.3, 0.4) is 0 Å². The van der Waals surface area contributed by atoms with Gasteiger partial charge in [-0.15, -0.1) is 0 Å². The largest absolute Gasteiger partial charge is 0.481 e. The van der Waals surface area contributed by atoms with E-state index in [9.17, 15) is 4.79 Å². The minimum atomic E-state index is -0.698. The number of rotatable bonds is 5. The Balaban J connectivity index is 1.74. The average molecular weight is 270 g/mol. The number of hydrogen-bond acceptors (Lipinski definition) is 4. The molecule has 0 aromatic carbocycles. The molecule has 0 bridgehead atoms. The lowest BCUT2D eigenvalue weighted by Gasteiger charge is -2.32. The van der Waals surface area contributed by atoms with Gasteiger partial charge in [0.2, 0.25) is 0 Å². The van der Waals surface area contributed by atoms with Gasteiger partial charge in [0.15, 0.2) is 0 Å². The predicted molar refractivity (Wildman–Crippen MR) is 73.3 cm³/mol. The van der Waals surface area contributed by atoms with Crippen molar-refractivity contribution in [3.63, 3.8) is 0 Å². The van der Waals surface area contributed by atoms with Crippen molar-refractivity contribution in [3.05, 3.63) is 0 Å². The molecule has 1 unspecified atom stereocenters. The summed E-state index contributed by atoms with van der Waals surface area (Å²) in [5.74, 6) is -0.698. The molecular weight excluding hydrogens is 244 g/mol. The maximum Gasteiger partial charge on any atom is 0.309 e. The molecule has 5 heteroatoms. The Bertz CT molecular complexity index is 314.